The van der Waals surface area contributed by atoms with Gasteiger partial charge in [-0.2, -0.15) is 5.10 Å². The average Bonchev–Trinajstić information content (AvgIpc) is 3.20. The van der Waals surface area contributed by atoms with Crippen LogP contribution in [0, 0.1) is 0 Å². The second kappa shape index (κ2) is 5.31. The summed E-state index contributed by atoms with van der Waals surface area (Å²) in [5.41, 5.74) is 3.81. The maximum atomic E-state index is 4.55. The van der Waals surface area contributed by atoms with Gasteiger partial charge in [-0.05, 0) is 36.3 Å². The van der Waals surface area contributed by atoms with E-state index in [0.29, 0.717) is 12.0 Å². The highest BCUT2D eigenvalue weighted by molar-refractivity contribution is 5.64. The zero-order valence-corrected chi connectivity index (χ0v) is 12.6. The summed E-state index contributed by atoms with van der Waals surface area (Å²) in [5, 5.41) is 8.00. The van der Waals surface area contributed by atoms with E-state index < -0.39 is 0 Å². The van der Waals surface area contributed by atoms with Crippen molar-refractivity contribution in [1.82, 2.24) is 9.78 Å². The molecular weight excluding hydrogens is 246 g/mol. The number of aryl methyl sites for hydroxylation is 1. The first-order valence-electron chi connectivity index (χ1n) is 7.58. The number of benzene rings is 1. The van der Waals surface area contributed by atoms with Gasteiger partial charge in [-0.3, -0.25) is 4.68 Å². The Morgan fingerprint density at radius 3 is 2.60 bits per heavy atom. The van der Waals surface area contributed by atoms with Crippen LogP contribution in [-0.2, 0) is 7.05 Å². The van der Waals surface area contributed by atoms with Gasteiger partial charge in [0.15, 0.2) is 0 Å². The standard InChI is InChI=1S/C17H23N3/c1-4-12(2)13-5-7-14(8-6-13)16-11-17(19-20(16)3)18-15-9-10-15/h5-8,11-12,15H,4,9-10H2,1-3H3,(H,18,19). The molecule has 3 nitrogen and oxygen atoms in total. The number of rotatable bonds is 5. The van der Waals surface area contributed by atoms with Crippen molar-refractivity contribution in [2.24, 2.45) is 7.05 Å². The third kappa shape index (κ3) is 2.72. The molecule has 0 spiro atoms. The van der Waals surface area contributed by atoms with E-state index in [1.165, 1.54) is 36.1 Å². The molecule has 1 aromatic carbocycles. The minimum atomic E-state index is 0.627. The van der Waals surface area contributed by atoms with Crippen LogP contribution in [0.5, 0.6) is 0 Å². The largest absolute Gasteiger partial charge is 0.366 e. The Balaban J connectivity index is 1.82. The van der Waals surface area contributed by atoms with Crippen LogP contribution in [0.2, 0.25) is 0 Å². The zero-order valence-electron chi connectivity index (χ0n) is 12.6. The summed E-state index contributed by atoms with van der Waals surface area (Å²) in [6, 6.07) is 11.7. The van der Waals surface area contributed by atoms with Crippen molar-refractivity contribution < 1.29 is 0 Å². The lowest BCUT2D eigenvalue weighted by Crippen LogP contribution is -2.01. The van der Waals surface area contributed by atoms with Crippen LogP contribution in [0.4, 0.5) is 5.82 Å². The topological polar surface area (TPSA) is 29.9 Å². The highest BCUT2D eigenvalue weighted by Crippen LogP contribution is 2.28. The minimum Gasteiger partial charge on any atom is -0.366 e. The lowest BCUT2D eigenvalue weighted by atomic mass is 9.97. The number of nitrogens with one attached hydrogen (secondary N) is 1. The number of hydrogen-bond donors (Lipinski definition) is 1. The highest BCUT2D eigenvalue weighted by Gasteiger charge is 2.22. The molecule has 0 saturated heterocycles. The van der Waals surface area contributed by atoms with E-state index in [2.05, 4.69) is 54.6 Å². The third-order valence-electron chi connectivity index (χ3n) is 4.20. The van der Waals surface area contributed by atoms with Crippen LogP contribution >= 0.6 is 0 Å². The maximum absolute atomic E-state index is 4.55. The summed E-state index contributed by atoms with van der Waals surface area (Å²) in [6.45, 7) is 4.51. The first-order valence-corrected chi connectivity index (χ1v) is 7.58. The van der Waals surface area contributed by atoms with Gasteiger partial charge in [0.1, 0.15) is 5.82 Å². The molecule has 1 fully saturated rings. The van der Waals surface area contributed by atoms with Gasteiger partial charge in [0.05, 0.1) is 5.69 Å². The smallest absolute Gasteiger partial charge is 0.148 e. The van der Waals surface area contributed by atoms with Gasteiger partial charge < -0.3 is 5.32 Å². The molecule has 106 valence electrons. The van der Waals surface area contributed by atoms with Gasteiger partial charge >= 0.3 is 0 Å². The molecule has 1 aliphatic carbocycles. The van der Waals surface area contributed by atoms with E-state index in [1.54, 1.807) is 0 Å². The van der Waals surface area contributed by atoms with E-state index in [4.69, 9.17) is 0 Å². The summed E-state index contributed by atoms with van der Waals surface area (Å²) in [7, 11) is 2.01. The van der Waals surface area contributed by atoms with E-state index in [1.807, 2.05) is 11.7 Å². The summed E-state index contributed by atoms with van der Waals surface area (Å²) < 4.78 is 1.96. The molecule has 3 rings (SSSR count). The molecule has 20 heavy (non-hydrogen) atoms. The molecule has 1 unspecified atom stereocenters. The summed E-state index contributed by atoms with van der Waals surface area (Å²) in [4.78, 5) is 0. The summed E-state index contributed by atoms with van der Waals surface area (Å²) in [5.74, 6) is 1.62. The lowest BCUT2D eigenvalue weighted by Gasteiger charge is -2.09. The van der Waals surface area contributed by atoms with Gasteiger partial charge in [0.25, 0.3) is 0 Å². The van der Waals surface area contributed by atoms with E-state index in [9.17, 15) is 0 Å². The molecule has 1 atom stereocenters. The van der Waals surface area contributed by atoms with Crippen molar-refractivity contribution in [3.63, 3.8) is 0 Å². The third-order valence-corrected chi connectivity index (χ3v) is 4.20. The molecule has 0 radical (unpaired) electrons. The van der Waals surface area contributed by atoms with Crippen LogP contribution in [0.1, 0.15) is 44.6 Å². The van der Waals surface area contributed by atoms with Crippen molar-refractivity contribution in [2.45, 2.75) is 45.1 Å². The molecule has 1 aromatic heterocycles. The SMILES string of the molecule is CCC(C)c1ccc(-c2cc(NC3CC3)nn2C)cc1. The fraction of sp³-hybridized carbons (Fsp3) is 0.471. The number of aromatic nitrogens is 2. The van der Waals surface area contributed by atoms with Crippen LogP contribution in [0.25, 0.3) is 11.3 Å². The Kier molecular flexibility index (Phi) is 3.51. The number of hydrogen-bond acceptors (Lipinski definition) is 2. The van der Waals surface area contributed by atoms with Gasteiger partial charge in [0.2, 0.25) is 0 Å². The second-order valence-electron chi connectivity index (χ2n) is 5.89. The van der Waals surface area contributed by atoms with Crippen molar-refractivity contribution in [3.05, 3.63) is 35.9 Å². The van der Waals surface area contributed by atoms with Gasteiger partial charge in [-0.25, -0.2) is 0 Å². The first-order chi connectivity index (χ1) is 9.67. The van der Waals surface area contributed by atoms with Crippen molar-refractivity contribution in [2.75, 3.05) is 5.32 Å². The molecule has 0 aliphatic heterocycles. The zero-order chi connectivity index (χ0) is 14.1. The Morgan fingerprint density at radius 2 is 2.00 bits per heavy atom. The van der Waals surface area contributed by atoms with Crippen molar-refractivity contribution in [3.8, 4) is 11.3 Å². The fourth-order valence-corrected chi connectivity index (χ4v) is 2.46. The van der Waals surface area contributed by atoms with Crippen molar-refractivity contribution in [1.29, 1.82) is 0 Å². The van der Waals surface area contributed by atoms with Crippen LogP contribution in [0.15, 0.2) is 30.3 Å². The van der Waals surface area contributed by atoms with Gasteiger partial charge in [0, 0.05) is 19.2 Å². The predicted octanol–water partition coefficient (Wildman–Crippen LogP) is 4.17. The number of anilines is 1. The Bertz CT molecular complexity index is 579. The average molecular weight is 269 g/mol. The molecule has 3 heteroatoms. The quantitative estimate of drug-likeness (QED) is 0.882. The molecule has 0 bridgehead atoms. The summed E-state index contributed by atoms with van der Waals surface area (Å²) >= 11 is 0. The maximum Gasteiger partial charge on any atom is 0.148 e. The molecule has 2 aromatic rings. The van der Waals surface area contributed by atoms with E-state index in [0.717, 1.165) is 5.82 Å². The van der Waals surface area contributed by atoms with Gasteiger partial charge in [-0.15, -0.1) is 0 Å². The Hall–Kier alpha value is -1.77. The normalized spacial score (nSPS) is 16.1. The Morgan fingerprint density at radius 1 is 1.30 bits per heavy atom. The fourth-order valence-electron chi connectivity index (χ4n) is 2.46. The monoisotopic (exact) mass is 269 g/mol. The molecule has 1 heterocycles. The van der Waals surface area contributed by atoms with Crippen molar-refractivity contribution >= 4 is 5.82 Å². The van der Waals surface area contributed by atoms with Crippen LogP contribution in [0.3, 0.4) is 0 Å². The molecular formula is C17H23N3. The van der Waals surface area contributed by atoms with Crippen LogP contribution < -0.4 is 5.32 Å². The highest BCUT2D eigenvalue weighted by atomic mass is 15.3. The number of nitrogens with zero attached hydrogens (tertiary/aromatic N) is 2. The first kappa shape index (κ1) is 13.2. The molecule has 1 aliphatic rings. The predicted molar refractivity (Wildman–Crippen MR) is 84.0 cm³/mol. The van der Waals surface area contributed by atoms with Gasteiger partial charge in [-0.1, -0.05) is 38.1 Å². The summed E-state index contributed by atoms with van der Waals surface area (Å²) in [6.07, 6.45) is 3.73. The van der Waals surface area contributed by atoms with E-state index in [-0.39, 0.29) is 0 Å². The molecule has 0 amide bonds. The molecule has 1 saturated carbocycles. The molecule has 1 N–H and O–H groups in total. The minimum absolute atomic E-state index is 0.627. The van der Waals surface area contributed by atoms with E-state index >= 15 is 0 Å². The lowest BCUT2D eigenvalue weighted by molar-refractivity contribution is 0.733. The second-order valence-corrected chi connectivity index (χ2v) is 5.89. The van der Waals surface area contributed by atoms with Crippen LogP contribution in [-0.4, -0.2) is 15.8 Å². The Labute approximate surface area is 121 Å².